The Kier molecular flexibility index (Phi) is 1.72. The standard InChI is InChI=1S/C11H17NO/c1-8-4-10(2,3)7-11(5-8)9(6-12)13-11/h8-9H,4-5,7H2,1-3H3. The number of rotatable bonds is 0. The molecule has 2 fully saturated rings. The fraction of sp³-hybridized carbons (Fsp3) is 0.909. The highest BCUT2D eigenvalue weighted by atomic mass is 16.6. The van der Waals surface area contributed by atoms with E-state index in [1.54, 1.807) is 0 Å². The zero-order valence-electron chi connectivity index (χ0n) is 8.63. The minimum atomic E-state index is -0.116. The van der Waals surface area contributed by atoms with Crippen molar-refractivity contribution in [2.45, 2.75) is 51.7 Å². The highest BCUT2D eigenvalue weighted by Gasteiger charge is 2.61. The smallest absolute Gasteiger partial charge is 0.173 e. The molecule has 0 bridgehead atoms. The zero-order chi connectivity index (χ0) is 9.69. The number of hydrogen-bond acceptors (Lipinski definition) is 2. The summed E-state index contributed by atoms with van der Waals surface area (Å²) in [6.45, 7) is 6.82. The molecule has 1 saturated heterocycles. The van der Waals surface area contributed by atoms with E-state index in [0.29, 0.717) is 11.3 Å². The van der Waals surface area contributed by atoms with Crippen LogP contribution in [0.25, 0.3) is 0 Å². The van der Waals surface area contributed by atoms with E-state index in [1.165, 1.54) is 6.42 Å². The van der Waals surface area contributed by atoms with Crippen LogP contribution in [0.2, 0.25) is 0 Å². The first-order chi connectivity index (χ1) is 5.97. The molecule has 0 aromatic heterocycles. The number of epoxide rings is 1. The van der Waals surface area contributed by atoms with Crippen molar-refractivity contribution < 1.29 is 4.74 Å². The summed E-state index contributed by atoms with van der Waals surface area (Å²) in [5.41, 5.74) is 0.291. The fourth-order valence-corrected chi connectivity index (χ4v) is 3.19. The first kappa shape index (κ1) is 9.02. The van der Waals surface area contributed by atoms with E-state index in [9.17, 15) is 0 Å². The molecule has 2 heteroatoms. The van der Waals surface area contributed by atoms with Gasteiger partial charge in [0.05, 0.1) is 6.07 Å². The third-order valence-corrected chi connectivity index (χ3v) is 3.26. The fourth-order valence-electron chi connectivity index (χ4n) is 3.19. The third-order valence-electron chi connectivity index (χ3n) is 3.26. The number of nitriles is 1. The molecule has 2 aliphatic rings. The molecule has 1 saturated carbocycles. The largest absolute Gasteiger partial charge is 0.350 e. The minimum absolute atomic E-state index is 0.0596. The molecule has 3 unspecified atom stereocenters. The van der Waals surface area contributed by atoms with Gasteiger partial charge in [0.2, 0.25) is 0 Å². The predicted octanol–water partition coefficient (Wildman–Crippen LogP) is 2.49. The molecular weight excluding hydrogens is 162 g/mol. The first-order valence-electron chi connectivity index (χ1n) is 5.05. The van der Waals surface area contributed by atoms with Crippen molar-refractivity contribution in [3.63, 3.8) is 0 Å². The Morgan fingerprint density at radius 3 is 2.54 bits per heavy atom. The van der Waals surface area contributed by atoms with Gasteiger partial charge in [0, 0.05) is 0 Å². The van der Waals surface area contributed by atoms with Crippen molar-refractivity contribution in [1.82, 2.24) is 0 Å². The first-order valence-corrected chi connectivity index (χ1v) is 5.05. The number of ether oxygens (including phenoxy) is 1. The summed E-state index contributed by atoms with van der Waals surface area (Å²) < 4.78 is 5.54. The Morgan fingerprint density at radius 1 is 1.38 bits per heavy atom. The van der Waals surface area contributed by atoms with Crippen LogP contribution < -0.4 is 0 Å². The second-order valence-corrected chi connectivity index (χ2v) is 5.55. The van der Waals surface area contributed by atoms with E-state index in [0.717, 1.165) is 12.8 Å². The topological polar surface area (TPSA) is 36.3 Å². The Bertz CT molecular complexity index is 266. The van der Waals surface area contributed by atoms with Crippen molar-refractivity contribution in [2.75, 3.05) is 0 Å². The quantitative estimate of drug-likeness (QED) is 0.536. The Hall–Kier alpha value is -0.550. The average Bonchev–Trinajstić information content (AvgIpc) is 2.57. The SMILES string of the molecule is CC1CC(C)(C)CC2(C1)OC2C#N. The van der Waals surface area contributed by atoms with Gasteiger partial charge < -0.3 is 4.74 Å². The van der Waals surface area contributed by atoms with Crippen LogP contribution >= 0.6 is 0 Å². The molecule has 2 nitrogen and oxygen atoms in total. The van der Waals surface area contributed by atoms with Crippen LogP contribution in [0.1, 0.15) is 40.0 Å². The molecule has 1 heterocycles. The second-order valence-electron chi connectivity index (χ2n) is 5.55. The van der Waals surface area contributed by atoms with Gasteiger partial charge in [-0.3, -0.25) is 0 Å². The maximum absolute atomic E-state index is 8.80. The van der Waals surface area contributed by atoms with Crippen LogP contribution in [0.3, 0.4) is 0 Å². The summed E-state index contributed by atoms with van der Waals surface area (Å²) >= 11 is 0. The molecule has 72 valence electrons. The molecule has 1 spiro atoms. The van der Waals surface area contributed by atoms with E-state index < -0.39 is 0 Å². The Morgan fingerprint density at radius 2 is 2.08 bits per heavy atom. The summed E-state index contributed by atoms with van der Waals surface area (Å²) in [5, 5.41) is 8.80. The van der Waals surface area contributed by atoms with Gasteiger partial charge >= 0.3 is 0 Å². The normalized spacial score (nSPS) is 47.2. The highest BCUT2D eigenvalue weighted by molar-refractivity contribution is 5.17. The minimum Gasteiger partial charge on any atom is -0.350 e. The van der Waals surface area contributed by atoms with Crippen LogP contribution in [-0.4, -0.2) is 11.7 Å². The number of nitrogens with zero attached hydrogens (tertiary/aromatic N) is 1. The van der Waals surface area contributed by atoms with Crippen molar-refractivity contribution >= 4 is 0 Å². The average molecular weight is 179 g/mol. The van der Waals surface area contributed by atoms with Crippen LogP contribution in [0.5, 0.6) is 0 Å². The van der Waals surface area contributed by atoms with Crippen LogP contribution in [0.15, 0.2) is 0 Å². The molecule has 3 atom stereocenters. The van der Waals surface area contributed by atoms with Gasteiger partial charge in [0.25, 0.3) is 0 Å². The molecular formula is C11H17NO. The van der Waals surface area contributed by atoms with E-state index in [-0.39, 0.29) is 11.7 Å². The molecule has 0 aromatic rings. The zero-order valence-corrected chi connectivity index (χ0v) is 8.63. The maximum atomic E-state index is 8.80. The van der Waals surface area contributed by atoms with Crippen molar-refractivity contribution in [2.24, 2.45) is 11.3 Å². The molecule has 2 rings (SSSR count). The van der Waals surface area contributed by atoms with Crippen LogP contribution in [-0.2, 0) is 4.74 Å². The summed E-state index contributed by atoms with van der Waals surface area (Å²) in [6, 6.07) is 2.24. The lowest BCUT2D eigenvalue weighted by Gasteiger charge is -2.37. The van der Waals surface area contributed by atoms with Crippen molar-refractivity contribution in [3.05, 3.63) is 0 Å². The van der Waals surface area contributed by atoms with Gasteiger partial charge in [-0.1, -0.05) is 20.8 Å². The summed E-state index contributed by atoms with van der Waals surface area (Å²) in [5.74, 6) is 0.696. The summed E-state index contributed by atoms with van der Waals surface area (Å²) in [4.78, 5) is 0. The third kappa shape index (κ3) is 1.46. The molecule has 0 aromatic carbocycles. The van der Waals surface area contributed by atoms with Crippen LogP contribution in [0.4, 0.5) is 0 Å². The summed E-state index contributed by atoms with van der Waals surface area (Å²) in [7, 11) is 0. The van der Waals surface area contributed by atoms with Crippen molar-refractivity contribution in [3.8, 4) is 6.07 Å². The van der Waals surface area contributed by atoms with E-state index in [2.05, 4.69) is 26.8 Å². The second kappa shape index (κ2) is 2.48. The van der Waals surface area contributed by atoms with Crippen molar-refractivity contribution in [1.29, 1.82) is 5.26 Å². The highest BCUT2D eigenvalue weighted by Crippen LogP contribution is 2.55. The van der Waals surface area contributed by atoms with Gasteiger partial charge in [-0.05, 0) is 30.6 Å². The van der Waals surface area contributed by atoms with E-state index in [4.69, 9.17) is 10.00 Å². The van der Waals surface area contributed by atoms with E-state index in [1.807, 2.05) is 0 Å². The maximum Gasteiger partial charge on any atom is 0.173 e. The van der Waals surface area contributed by atoms with Gasteiger partial charge in [-0.15, -0.1) is 0 Å². The molecule has 13 heavy (non-hydrogen) atoms. The lowest BCUT2D eigenvalue weighted by atomic mass is 9.67. The van der Waals surface area contributed by atoms with Gasteiger partial charge in [0.15, 0.2) is 6.10 Å². The van der Waals surface area contributed by atoms with Crippen LogP contribution in [0, 0.1) is 22.7 Å². The molecule has 0 N–H and O–H groups in total. The molecule has 1 aliphatic carbocycles. The van der Waals surface area contributed by atoms with Gasteiger partial charge in [-0.25, -0.2) is 0 Å². The number of hydrogen-bond donors (Lipinski definition) is 0. The molecule has 0 radical (unpaired) electrons. The van der Waals surface area contributed by atoms with Gasteiger partial charge in [-0.2, -0.15) is 5.26 Å². The molecule has 1 aliphatic heterocycles. The Labute approximate surface area is 79.9 Å². The monoisotopic (exact) mass is 179 g/mol. The van der Waals surface area contributed by atoms with E-state index >= 15 is 0 Å². The Balaban J connectivity index is 2.13. The predicted molar refractivity (Wildman–Crippen MR) is 50.0 cm³/mol. The van der Waals surface area contributed by atoms with Gasteiger partial charge in [0.1, 0.15) is 5.60 Å². The molecule has 0 amide bonds. The lowest BCUT2D eigenvalue weighted by molar-refractivity contribution is 0.0974. The lowest BCUT2D eigenvalue weighted by Crippen LogP contribution is -2.34. The summed E-state index contributed by atoms with van der Waals surface area (Å²) in [6.07, 6.45) is 3.28.